The number of anilines is 1. The van der Waals surface area contributed by atoms with Gasteiger partial charge >= 0.3 is 0 Å². The second-order valence-electron chi connectivity index (χ2n) is 8.76. The van der Waals surface area contributed by atoms with Crippen LogP contribution in [0.25, 0.3) is 22.5 Å². The number of benzene rings is 2. The highest BCUT2D eigenvalue weighted by Gasteiger charge is 2.18. The lowest BCUT2D eigenvalue weighted by molar-refractivity contribution is -0.115. The highest BCUT2D eigenvalue weighted by atomic mass is 16.5. The maximum absolute atomic E-state index is 13.0. The van der Waals surface area contributed by atoms with Gasteiger partial charge in [0.05, 0.1) is 43.6 Å². The molecule has 10 heteroatoms. The van der Waals surface area contributed by atoms with Gasteiger partial charge in [0, 0.05) is 6.07 Å². The second kappa shape index (κ2) is 9.73. The summed E-state index contributed by atoms with van der Waals surface area (Å²) < 4.78 is 14.0. The number of fused-ring (bicyclic) bond motifs is 1. The number of rotatable bonds is 7. The van der Waals surface area contributed by atoms with Crippen LogP contribution in [0.1, 0.15) is 22.4 Å². The van der Waals surface area contributed by atoms with Crippen molar-refractivity contribution in [3.05, 3.63) is 77.4 Å². The average Bonchev–Trinajstić information content (AvgIpc) is 3.48. The summed E-state index contributed by atoms with van der Waals surface area (Å²) in [5.74, 6) is 1.99. The fourth-order valence-corrected chi connectivity index (χ4v) is 4.16. The molecule has 2 aromatic carbocycles. The van der Waals surface area contributed by atoms with Gasteiger partial charge in [-0.15, -0.1) is 0 Å². The molecule has 1 amide bonds. The van der Waals surface area contributed by atoms with E-state index in [1.165, 1.54) is 11.9 Å². The number of nitrogens with zero attached hydrogens (tertiary/aromatic N) is 6. The second-order valence-corrected chi connectivity index (χ2v) is 8.76. The van der Waals surface area contributed by atoms with E-state index >= 15 is 0 Å². The van der Waals surface area contributed by atoms with E-state index < -0.39 is 0 Å². The first-order valence-corrected chi connectivity index (χ1v) is 11.7. The summed E-state index contributed by atoms with van der Waals surface area (Å²) >= 11 is 0. The van der Waals surface area contributed by atoms with Gasteiger partial charge in [0.2, 0.25) is 5.91 Å². The van der Waals surface area contributed by atoms with Crippen molar-refractivity contribution in [2.45, 2.75) is 27.2 Å². The lowest BCUT2D eigenvalue weighted by Gasteiger charge is -2.11. The van der Waals surface area contributed by atoms with Gasteiger partial charge in [-0.2, -0.15) is 14.9 Å². The first kappa shape index (κ1) is 24.0. The van der Waals surface area contributed by atoms with Gasteiger partial charge in [-0.3, -0.25) is 4.79 Å². The van der Waals surface area contributed by atoms with Gasteiger partial charge < -0.3 is 14.8 Å². The summed E-state index contributed by atoms with van der Waals surface area (Å²) in [5.41, 5.74) is 5.44. The van der Waals surface area contributed by atoms with E-state index in [1.807, 2.05) is 19.1 Å². The number of aromatic nitrogens is 6. The molecule has 1 N–H and O–H groups in total. The minimum atomic E-state index is -0.204. The molecule has 0 aliphatic heterocycles. The number of ether oxygens (including phenoxy) is 2. The topological polar surface area (TPSA) is 109 Å². The van der Waals surface area contributed by atoms with E-state index in [2.05, 4.69) is 51.5 Å². The molecular formula is C27H27N7O3. The summed E-state index contributed by atoms with van der Waals surface area (Å²) in [6.45, 7) is 5.99. The number of hydrogen-bond donors (Lipinski definition) is 1. The van der Waals surface area contributed by atoms with Crippen LogP contribution in [0.5, 0.6) is 11.5 Å². The number of aryl methyl sites for hydroxylation is 3. The van der Waals surface area contributed by atoms with Crippen molar-refractivity contribution in [2.75, 3.05) is 19.5 Å². The highest BCUT2D eigenvalue weighted by molar-refractivity contribution is 5.92. The van der Waals surface area contributed by atoms with Crippen LogP contribution in [0.2, 0.25) is 0 Å². The highest BCUT2D eigenvalue weighted by Crippen LogP contribution is 2.28. The molecule has 0 fully saturated rings. The molecule has 188 valence electrons. The molecule has 3 aromatic heterocycles. The Morgan fingerprint density at radius 1 is 0.919 bits per heavy atom. The van der Waals surface area contributed by atoms with Gasteiger partial charge in [0.15, 0.2) is 23.0 Å². The van der Waals surface area contributed by atoms with Gasteiger partial charge in [-0.1, -0.05) is 12.1 Å². The Labute approximate surface area is 213 Å². The summed E-state index contributed by atoms with van der Waals surface area (Å²) in [6, 6.07) is 13.3. The number of hydrogen-bond acceptors (Lipinski definition) is 7. The monoisotopic (exact) mass is 497 g/mol. The van der Waals surface area contributed by atoms with Crippen LogP contribution in [0.3, 0.4) is 0 Å². The number of nitrogens with one attached hydrogen (secondary N) is 1. The Hall–Kier alpha value is -4.73. The fraction of sp³-hybridized carbons (Fsp3) is 0.222. The third-order valence-electron chi connectivity index (χ3n) is 6.19. The third kappa shape index (κ3) is 4.61. The molecule has 3 heterocycles. The van der Waals surface area contributed by atoms with Crippen molar-refractivity contribution in [3.8, 4) is 23.0 Å². The van der Waals surface area contributed by atoms with Crippen LogP contribution < -0.4 is 14.8 Å². The van der Waals surface area contributed by atoms with Crippen molar-refractivity contribution in [3.63, 3.8) is 0 Å². The predicted octanol–water partition coefficient (Wildman–Crippen LogP) is 4.12. The summed E-state index contributed by atoms with van der Waals surface area (Å²) in [5, 5.41) is 12.8. The standard InChI is InChI=1S/C27H27N7O3/c1-16-6-8-20(10-17(16)2)33-26-21(14-30-33)27(29-15-28-26)34-24(11-18(3)32-34)31-25(35)13-19-7-9-22(36-4)23(12-19)37-5/h6-12,14-15H,13H2,1-5H3,(H,31,35). The maximum Gasteiger partial charge on any atom is 0.229 e. The van der Waals surface area contributed by atoms with E-state index in [0.29, 0.717) is 34.2 Å². The van der Waals surface area contributed by atoms with Gasteiger partial charge in [0.25, 0.3) is 0 Å². The Morgan fingerprint density at radius 3 is 2.49 bits per heavy atom. The van der Waals surface area contributed by atoms with E-state index in [0.717, 1.165) is 22.5 Å². The molecule has 0 saturated heterocycles. The van der Waals surface area contributed by atoms with Crippen molar-refractivity contribution in [1.82, 2.24) is 29.5 Å². The Kier molecular flexibility index (Phi) is 6.31. The SMILES string of the molecule is COc1ccc(CC(=O)Nc2cc(C)nn2-c2ncnc3c2cnn3-c2ccc(C)c(C)c2)cc1OC. The minimum Gasteiger partial charge on any atom is -0.493 e. The first-order valence-electron chi connectivity index (χ1n) is 11.7. The van der Waals surface area contributed by atoms with Gasteiger partial charge in [-0.05, 0) is 61.7 Å². The summed E-state index contributed by atoms with van der Waals surface area (Å²) in [7, 11) is 3.14. The van der Waals surface area contributed by atoms with Gasteiger partial charge in [-0.25, -0.2) is 14.6 Å². The van der Waals surface area contributed by atoms with Gasteiger partial charge in [0.1, 0.15) is 12.1 Å². The zero-order valence-electron chi connectivity index (χ0n) is 21.3. The van der Waals surface area contributed by atoms with Crippen molar-refractivity contribution < 1.29 is 14.3 Å². The largest absolute Gasteiger partial charge is 0.493 e. The van der Waals surface area contributed by atoms with E-state index in [1.54, 1.807) is 48.0 Å². The zero-order valence-corrected chi connectivity index (χ0v) is 21.3. The van der Waals surface area contributed by atoms with Crippen molar-refractivity contribution in [1.29, 1.82) is 0 Å². The molecule has 0 atom stereocenters. The number of amides is 1. The molecule has 0 bridgehead atoms. The smallest absolute Gasteiger partial charge is 0.229 e. The predicted molar refractivity (Wildman–Crippen MR) is 140 cm³/mol. The molecule has 0 aliphatic rings. The van der Waals surface area contributed by atoms with Crippen LogP contribution in [-0.4, -0.2) is 49.7 Å². The summed E-state index contributed by atoms with van der Waals surface area (Å²) in [4.78, 5) is 21.9. The number of methoxy groups -OCH3 is 2. The van der Waals surface area contributed by atoms with Crippen LogP contribution in [0.4, 0.5) is 5.82 Å². The molecule has 0 spiro atoms. The quantitative estimate of drug-likeness (QED) is 0.360. The normalized spacial score (nSPS) is 11.1. The number of carbonyl (C=O) groups is 1. The molecular weight excluding hydrogens is 470 g/mol. The molecule has 0 unspecified atom stereocenters. The summed E-state index contributed by atoms with van der Waals surface area (Å²) in [6.07, 6.45) is 3.34. The molecule has 0 radical (unpaired) electrons. The van der Waals surface area contributed by atoms with E-state index in [9.17, 15) is 4.79 Å². The Balaban J connectivity index is 1.46. The number of carbonyl (C=O) groups excluding carboxylic acids is 1. The molecule has 37 heavy (non-hydrogen) atoms. The third-order valence-corrected chi connectivity index (χ3v) is 6.19. The molecule has 0 aliphatic carbocycles. The molecule has 5 aromatic rings. The Morgan fingerprint density at radius 2 is 1.73 bits per heavy atom. The molecule has 10 nitrogen and oxygen atoms in total. The lowest BCUT2D eigenvalue weighted by atomic mass is 10.1. The van der Waals surface area contributed by atoms with Crippen LogP contribution >= 0.6 is 0 Å². The molecule has 5 rings (SSSR count). The maximum atomic E-state index is 13.0. The minimum absolute atomic E-state index is 0.147. The van der Waals surface area contributed by atoms with E-state index in [-0.39, 0.29) is 12.3 Å². The molecule has 0 saturated carbocycles. The average molecular weight is 498 g/mol. The van der Waals surface area contributed by atoms with Crippen LogP contribution in [0, 0.1) is 20.8 Å². The zero-order chi connectivity index (χ0) is 26.1. The lowest BCUT2D eigenvalue weighted by Crippen LogP contribution is -2.17. The van der Waals surface area contributed by atoms with Crippen LogP contribution in [-0.2, 0) is 11.2 Å². The van der Waals surface area contributed by atoms with Crippen LogP contribution in [0.15, 0.2) is 55.0 Å². The van der Waals surface area contributed by atoms with Crippen molar-refractivity contribution >= 4 is 22.8 Å². The fourth-order valence-electron chi connectivity index (χ4n) is 4.16. The Bertz CT molecular complexity index is 1620. The van der Waals surface area contributed by atoms with Crippen molar-refractivity contribution in [2.24, 2.45) is 0 Å². The van der Waals surface area contributed by atoms with E-state index in [4.69, 9.17) is 9.47 Å². The first-order chi connectivity index (χ1) is 17.9.